The van der Waals surface area contributed by atoms with Crippen LogP contribution >= 0.6 is 23.2 Å². The summed E-state index contributed by atoms with van der Waals surface area (Å²) in [5, 5.41) is 0.518. The lowest BCUT2D eigenvalue weighted by Crippen LogP contribution is -2.31. The second kappa shape index (κ2) is 4.54. The van der Waals surface area contributed by atoms with Gasteiger partial charge in [0.25, 0.3) is 0 Å². The lowest BCUT2D eigenvalue weighted by molar-refractivity contribution is 0.357. The van der Waals surface area contributed by atoms with Crippen LogP contribution in [0.25, 0.3) is 0 Å². The van der Waals surface area contributed by atoms with E-state index in [0.717, 1.165) is 19.3 Å². The van der Waals surface area contributed by atoms with Gasteiger partial charge in [-0.1, -0.05) is 6.42 Å². The van der Waals surface area contributed by atoms with E-state index in [1.54, 1.807) is 0 Å². The summed E-state index contributed by atoms with van der Waals surface area (Å²) >= 11 is 12.2. The zero-order chi connectivity index (χ0) is 8.27. The Morgan fingerprint density at radius 2 is 1.73 bits per heavy atom. The Labute approximate surface area is 78.2 Å². The maximum absolute atomic E-state index is 6.12. The van der Waals surface area contributed by atoms with Crippen LogP contribution in [0.3, 0.4) is 0 Å². The first-order chi connectivity index (χ1) is 5.25. The summed E-state index contributed by atoms with van der Waals surface area (Å²) in [6, 6.07) is 0. The number of halogens is 2. The summed E-state index contributed by atoms with van der Waals surface area (Å²) < 4.78 is 0. The van der Waals surface area contributed by atoms with Gasteiger partial charge in [0.1, 0.15) is 0 Å². The lowest BCUT2D eigenvalue weighted by atomic mass is 9.86. The predicted octanol–water partition coefficient (Wildman–Crippen LogP) is 2.35. The minimum atomic E-state index is 0.259. The van der Waals surface area contributed by atoms with Crippen molar-refractivity contribution in [1.82, 2.24) is 0 Å². The van der Waals surface area contributed by atoms with Crippen LogP contribution in [0.2, 0.25) is 0 Å². The predicted molar refractivity (Wildman–Crippen MR) is 50.3 cm³/mol. The average molecular weight is 196 g/mol. The average Bonchev–Trinajstić information content (AvgIpc) is 1.97. The molecule has 0 aromatic heterocycles. The first-order valence-electron chi connectivity index (χ1n) is 4.24. The van der Waals surface area contributed by atoms with E-state index < -0.39 is 0 Å². The molecule has 0 aromatic rings. The first-order valence-corrected chi connectivity index (χ1v) is 5.11. The van der Waals surface area contributed by atoms with E-state index in [2.05, 4.69) is 0 Å². The highest BCUT2D eigenvalue weighted by Crippen LogP contribution is 2.34. The Morgan fingerprint density at radius 3 is 2.18 bits per heavy atom. The van der Waals surface area contributed by atoms with Crippen molar-refractivity contribution in [3.63, 3.8) is 0 Å². The summed E-state index contributed by atoms with van der Waals surface area (Å²) in [7, 11) is 0. The zero-order valence-electron chi connectivity index (χ0n) is 6.60. The van der Waals surface area contributed by atoms with Crippen molar-refractivity contribution in [2.75, 3.05) is 6.54 Å². The molecule has 0 bridgehead atoms. The normalized spacial score (nSPS) is 39.0. The van der Waals surface area contributed by atoms with Gasteiger partial charge in [0, 0.05) is 10.8 Å². The molecule has 0 aliphatic heterocycles. The number of hydrogen-bond donors (Lipinski definition) is 1. The molecule has 3 heteroatoms. The maximum Gasteiger partial charge on any atom is 0.0378 e. The van der Waals surface area contributed by atoms with Crippen LogP contribution in [-0.2, 0) is 0 Å². The van der Waals surface area contributed by atoms with Crippen molar-refractivity contribution < 1.29 is 0 Å². The van der Waals surface area contributed by atoms with Crippen molar-refractivity contribution in [3.8, 4) is 0 Å². The van der Waals surface area contributed by atoms with Gasteiger partial charge < -0.3 is 5.73 Å². The standard InChI is InChI=1S/C8H15Cl2N/c9-7-2-1-3-8(10)6(7)4-5-11/h6-8H,1-5,11H2. The van der Waals surface area contributed by atoms with E-state index in [4.69, 9.17) is 28.9 Å². The molecule has 1 nitrogen and oxygen atoms in total. The third-order valence-electron chi connectivity index (χ3n) is 2.39. The molecule has 0 amide bonds. The molecule has 0 heterocycles. The van der Waals surface area contributed by atoms with E-state index >= 15 is 0 Å². The Morgan fingerprint density at radius 1 is 1.18 bits per heavy atom. The van der Waals surface area contributed by atoms with Crippen LogP contribution in [-0.4, -0.2) is 17.3 Å². The van der Waals surface area contributed by atoms with Crippen molar-refractivity contribution in [2.45, 2.75) is 36.4 Å². The van der Waals surface area contributed by atoms with Gasteiger partial charge >= 0.3 is 0 Å². The van der Waals surface area contributed by atoms with E-state index in [1.807, 2.05) is 0 Å². The van der Waals surface area contributed by atoms with Crippen molar-refractivity contribution in [2.24, 2.45) is 11.7 Å². The zero-order valence-corrected chi connectivity index (χ0v) is 8.11. The fraction of sp³-hybridized carbons (Fsp3) is 1.00. The highest BCUT2D eigenvalue weighted by atomic mass is 35.5. The first kappa shape index (κ1) is 9.63. The summed E-state index contributed by atoms with van der Waals surface area (Å²) in [6.45, 7) is 0.705. The van der Waals surface area contributed by atoms with E-state index in [9.17, 15) is 0 Å². The number of rotatable bonds is 2. The minimum absolute atomic E-state index is 0.259. The Kier molecular flexibility index (Phi) is 3.97. The summed E-state index contributed by atoms with van der Waals surface area (Å²) in [6.07, 6.45) is 4.36. The minimum Gasteiger partial charge on any atom is -0.330 e. The molecule has 0 aromatic carbocycles. The van der Waals surface area contributed by atoms with E-state index in [0.29, 0.717) is 12.5 Å². The molecular weight excluding hydrogens is 181 g/mol. The van der Waals surface area contributed by atoms with Gasteiger partial charge in [-0.25, -0.2) is 0 Å². The Balaban J connectivity index is 2.41. The Bertz CT molecular complexity index is 109. The summed E-state index contributed by atoms with van der Waals surface area (Å²) in [5.41, 5.74) is 5.47. The molecule has 0 radical (unpaired) electrons. The fourth-order valence-corrected chi connectivity index (χ4v) is 2.70. The molecule has 1 fully saturated rings. The molecular formula is C8H15Cl2N. The SMILES string of the molecule is NCCC1C(Cl)CCCC1Cl. The smallest absolute Gasteiger partial charge is 0.0378 e. The summed E-state index contributed by atoms with van der Waals surface area (Å²) in [5.74, 6) is 0.442. The van der Waals surface area contributed by atoms with E-state index in [-0.39, 0.29) is 10.8 Å². The van der Waals surface area contributed by atoms with Crippen molar-refractivity contribution in [3.05, 3.63) is 0 Å². The van der Waals surface area contributed by atoms with Crippen LogP contribution in [0.4, 0.5) is 0 Å². The van der Waals surface area contributed by atoms with Crippen LogP contribution in [0.5, 0.6) is 0 Å². The third-order valence-corrected chi connectivity index (χ3v) is 3.47. The molecule has 1 aliphatic carbocycles. The number of nitrogens with two attached hydrogens (primary N) is 1. The van der Waals surface area contributed by atoms with Crippen LogP contribution in [0.1, 0.15) is 25.7 Å². The molecule has 1 saturated carbocycles. The van der Waals surface area contributed by atoms with Gasteiger partial charge in [-0.15, -0.1) is 23.2 Å². The van der Waals surface area contributed by atoms with Gasteiger partial charge in [0.15, 0.2) is 0 Å². The number of hydrogen-bond acceptors (Lipinski definition) is 1. The molecule has 0 saturated heterocycles. The highest BCUT2D eigenvalue weighted by molar-refractivity contribution is 6.24. The molecule has 2 N–H and O–H groups in total. The van der Waals surface area contributed by atoms with Crippen molar-refractivity contribution in [1.29, 1.82) is 0 Å². The number of alkyl halides is 2. The van der Waals surface area contributed by atoms with Gasteiger partial charge in [-0.2, -0.15) is 0 Å². The van der Waals surface area contributed by atoms with Crippen LogP contribution in [0.15, 0.2) is 0 Å². The molecule has 11 heavy (non-hydrogen) atoms. The monoisotopic (exact) mass is 195 g/mol. The van der Waals surface area contributed by atoms with Gasteiger partial charge in [0.2, 0.25) is 0 Å². The Hall–Kier alpha value is 0.540. The molecule has 0 spiro atoms. The molecule has 1 aliphatic rings. The molecule has 1 rings (SSSR count). The largest absolute Gasteiger partial charge is 0.330 e. The van der Waals surface area contributed by atoms with E-state index in [1.165, 1.54) is 6.42 Å². The topological polar surface area (TPSA) is 26.0 Å². The third kappa shape index (κ3) is 2.50. The maximum atomic E-state index is 6.12. The van der Waals surface area contributed by atoms with Gasteiger partial charge in [-0.05, 0) is 31.7 Å². The molecule has 2 unspecified atom stereocenters. The van der Waals surface area contributed by atoms with Crippen LogP contribution < -0.4 is 5.73 Å². The van der Waals surface area contributed by atoms with Crippen LogP contribution in [0, 0.1) is 5.92 Å². The van der Waals surface area contributed by atoms with Crippen molar-refractivity contribution >= 4 is 23.2 Å². The quantitative estimate of drug-likeness (QED) is 0.674. The fourth-order valence-electron chi connectivity index (χ4n) is 1.72. The molecule has 66 valence electrons. The van der Waals surface area contributed by atoms with Gasteiger partial charge in [-0.3, -0.25) is 0 Å². The lowest BCUT2D eigenvalue weighted by Gasteiger charge is -2.31. The summed E-state index contributed by atoms with van der Waals surface area (Å²) in [4.78, 5) is 0. The van der Waals surface area contributed by atoms with Gasteiger partial charge in [0.05, 0.1) is 0 Å². The molecule has 2 atom stereocenters. The highest BCUT2D eigenvalue weighted by Gasteiger charge is 2.29. The second-order valence-electron chi connectivity index (χ2n) is 3.20. The second-order valence-corrected chi connectivity index (χ2v) is 4.33.